The summed E-state index contributed by atoms with van der Waals surface area (Å²) >= 11 is 0. The van der Waals surface area contributed by atoms with Crippen molar-refractivity contribution in [3.05, 3.63) is 18.3 Å². The van der Waals surface area contributed by atoms with Crippen LogP contribution >= 0.6 is 0 Å². The highest BCUT2D eigenvalue weighted by Crippen LogP contribution is 2.36. The molecule has 1 aliphatic rings. The molecule has 5 heteroatoms. The van der Waals surface area contributed by atoms with Crippen LogP contribution in [0.3, 0.4) is 0 Å². The first-order valence-corrected chi connectivity index (χ1v) is 7.27. The van der Waals surface area contributed by atoms with E-state index in [-0.39, 0.29) is 18.3 Å². The summed E-state index contributed by atoms with van der Waals surface area (Å²) in [6.07, 6.45) is 1.79. The van der Waals surface area contributed by atoms with Crippen molar-refractivity contribution in [1.82, 2.24) is 4.98 Å². The van der Waals surface area contributed by atoms with Crippen molar-refractivity contribution >= 4 is 18.4 Å². The Morgan fingerprint density at radius 2 is 1.80 bits per heavy atom. The van der Waals surface area contributed by atoms with Gasteiger partial charge in [0.05, 0.1) is 11.2 Å². The van der Waals surface area contributed by atoms with Crippen molar-refractivity contribution in [2.75, 3.05) is 11.9 Å². The molecule has 1 N–H and O–H groups in total. The fraction of sp³-hybridized carbons (Fsp3) is 0.667. The summed E-state index contributed by atoms with van der Waals surface area (Å²) in [6.45, 7) is 13.5. The highest BCUT2D eigenvalue weighted by atomic mass is 16.7. The van der Waals surface area contributed by atoms with Crippen molar-refractivity contribution in [2.45, 2.75) is 52.7 Å². The molecule has 0 aliphatic carbocycles. The molecule has 0 amide bonds. The maximum atomic E-state index is 6.10. The smallest absolute Gasteiger partial charge is 0.399 e. The van der Waals surface area contributed by atoms with Crippen LogP contribution in [0.2, 0.25) is 0 Å². The van der Waals surface area contributed by atoms with Gasteiger partial charge in [0, 0.05) is 18.2 Å². The highest BCUT2D eigenvalue weighted by molar-refractivity contribution is 6.63. The molecule has 0 unspecified atom stereocenters. The van der Waals surface area contributed by atoms with Gasteiger partial charge in [0.2, 0.25) is 0 Å². The third-order valence-corrected chi connectivity index (χ3v) is 4.02. The molecule has 0 saturated carbocycles. The number of nitrogens with one attached hydrogen (secondary N) is 1. The zero-order chi connectivity index (χ0) is 15.0. The zero-order valence-corrected chi connectivity index (χ0v) is 13.4. The molecule has 1 aliphatic heterocycles. The molecule has 0 radical (unpaired) electrons. The molecule has 1 aromatic heterocycles. The van der Waals surface area contributed by atoms with E-state index in [0.29, 0.717) is 5.92 Å². The topological polar surface area (TPSA) is 43.4 Å². The van der Waals surface area contributed by atoms with E-state index in [2.05, 4.69) is 51.8 Å². The first kappa shape index (κ1) is 15.3. The maximum Gasteiger partial charge on any atom is 0.498 e. The standard InChI is InChI=1S/C15H25BN2O2/c1-11(2)10-18-13-12(8-7-9-17-13)16-19-14(3,4)15(5,6)20-16/h7-9,11H,10H2,1-6H3,(H,17,18). The SMILES string of the molecule is CC(C)CNc1ncccc1B1OC(C)(C)C(C)(C)O1. The summed E-state index contributed by atoms with van der Waals surface area (Å²) < 4.78 is 12.2. The molecule has 2 heterocycles. The van der Waals surface area contributed by atoms with Crippen LogP contribution in [0.4, 0.5) is 5.82 Å². The second-order valence-electron chi connectivity index (χ2n) is 6.80. The Balaban J connectivity index is 2.22. The number of hydrogen-bond acceptors (Lipinski definition) is 4. The Kier molecular flexibility index (Phi) is 4.12. The van der Waals surface area contributed by atoms with Crippen molar-refractivity contribution in [2.24, 2.45) is 5.92 Å². The van der Waals surface area contributed by atoms with E-state index in [4.69, 9.17) is 9.31 Å². The van der Waals surface area contributed by atoms with Crippen molar-refractivity contribution < 1.29 is 9.31 Å². The van der Waals surface area contributed by atoms with Gasteiger partial charge in [0.15, 0.2) is 0 Å². The Labute approximate surface area is 122 Å². The third kappa shape index (κ3) is 2.99. The van der Waals surface area contributed by atoms with Gasteiger partial charge in [-0.3, -0.25) is 0 Å². The second kappa shape index (κ2) is 5.37. The Morgan fingerprint density at radius 3 is 2.35 bits per heavy atom. The molecule has 4 nitrogen and oxygen atoms in total. The predicted octanol–water partition coefficient (Wildman–Crippen LogP) is 2.45. The molecule has 20 heavy (non-hydrogen) atoms. The maximum absolute atomic E-state index is 6.10. The van der Waals surface area contributed by atoms with E-state index in [1.807, 2.05) is 12.1 Å². The van der Waals surface area contributed by atoms with Gasteiger partial charge in [-0.05, 0) is 39.7 Å². The Morgan fingerprint density at radius 1 is 1.20 bits per heavy atom. The number of aromatic nitrogens is 1. The zero-order valence-electron chi connectivity index (χ0n) is 13.4. The van der Waals surface area contributed by atoms with E-state index in [1.165, 1.54) is 0 Å². The van der Waals surface area contributed by atoms with Crippen LogP contribution in [0.5, 0.6) is 0 Å². The third-order valence-electron chi connectivity index (χ3n) is 4.02. The predicted molar refractivity (Wildman–Crippen MR) is 83.3 cm³/mol. The van der Waals surface area contributed by atoms with Gasteiger partial charge >= 0.3 is 7.12 Å². The summed E-state index contributed by atoms with van der Waals surface area (Å²) in [5, 5.41) is 3.37. The molecule has 1 aromatic rings. The number of nitrogens with zero attached hydrogens (tertiary/aromatic N) is 1. The lowest BCUT2D eigenvalue weighted by molar-refractivity contribution is 0.00578. The van der Waals surface area contributed by atoms with Gasteiger partial charge in [-0.15, -0.1) is 0 Å². The van der Waals surface area contributed by atoms with Crippen molar-refractivity contribution in [1.29, 1.82) is 0 Å². The average molecular weight is 276 g/mol. The molecule has 0 bridgehead atoms. The molecule has 0 spiro atoms. The van der Waals surface area contributed by atoms with E-state index in [0.717, 1.165) is 17.8 Å². The normalized spacial score (nSPS) is 20.4. The quantitative estimate of drug-likeness (QED) is 0.858. The number of hydrogen-bond donors (Lipinski definition) is 1. The monoisotopic (exact) mass is 276 g/mol. The largest absolute Gasteiger partial charge is 0.498 e. The van der Waals surface area contributed by atoms with E-state index < -0.39 is 0 Å². The molecule has 110 valence electrons. The Bertz CT molecular complexity index is 459. The van der Waals surface area contributed by atoms with Crippen LogP contribution in [-0.2, 0) is 9.31 Å². The van der Waals surface area contributed by atoms with Gasteiger partial charge in [-0.25, -0.2) is 4.98 Å². The van der Waals surface area contributed by atoms with Crippen LogP contribution in [0, 0.1) is 5.92 Å². The minimum atomic E-state index is -0.372. The summed E-state index contributed by atoms with van der Waals surface area (Å²) in [5.41, 5.74) is 0.304. The summed E-state index contributed by atoms with van der Waals surface area (Å²) in [7, 11) is -0.372. The fourth-order valence-electron chi connectivity index (χ4n) is 2.03. The van der Waals surface area contributed by atoms with Crippen LogP contribution in [0.25, 0.3) is 0 Å². The molecule has 1 fully saturated rings. The fourth-order valence-corrected chi connectivity index (χ4v) is 2.03. The van der Waals surface area contributed by atoms with Crippen molar-refractivity contribution in [3.8, 4) is 0 Å². The minimum Gasteiger partial charge on any atom is -0.399 e. The summed E-state index contributed by atoms with van der Waals surface area (Å²) in [4.78, 5) is 4.42. The van der Waals surface area contributed by atoms with Crippen LogP contribution in [0.1, 0.15) is 41.5 Å². The minimum absolute atomic E-state index is 0.331. The van der Waals surface area contributed by atoms with Crippen LogP contribution < -0.4 is 10.8 Å². The van der Waals surface area contributed by atoms with Crippen LogP contribution in [-0.4, -0.2) is 29.8 Å². The number of rotatable bonds is 4. The molecule has 0 aromatic carbocycles. The second-order valence-corrected chi connectivity index (χ2v) is 6.80. The lowest BCUT2D eigenvalue weighted by Crippen LogP contribution is -2.41. The molecule has 1 saturated heterocycles. The van der Waals surface area contributed by atoms with Gasteiger partial charge in [-0.1, -0.05) is 19.9 Å². The Hall–Kier alpha value is -1.07. The van der Waals surface area contributed by atoms with E-state index >= 15 is 0 Å². The number of anilines is 1. The first-order valence-electron chi connectivity index (χ1n) is 7.27. The molecule has 0 atom stereocenters. The average Bonchev–Trinajstić information content (AvgIpc) is 2.56. The van der Waals surface area contributed by atoms with Crippen molar-refractivity contribution in [3.63, 3.8) is 0 Å². The summed E-state index contributed by atoms with van der Waals surface area (Å²) in [5.74, 6) is 1.41. The van der Waals surface area contributed by atoms with Gasteiger partial charge < -0.3 is 14.6 Å². The summed E-state index contributed by atoms with van der Waals surface area (Å²) in [6, 6.07) is 3.93. The molecule has 2 rings (SSSR count). The van der Waals surface area contributed by atoms with Gasteiger partial charge in [-0.2, -0.15) is 0 Å². The lowest BCUT2D eigenvalue weighted by atomic mass is 9.79. The van der Waals surface area contributed by atoms with E-state index in [9.17, 15) is 0 Å². The highest BCUT2D eigenvalue weighted by Gasteiger charge is 2.52. The van der Waals surface area contributed by atoms with Crippen LogP contribution in [0.15, 0.2) is 18.3 Å². The lowest BCUT2D eigenvalue weighted by Gasteiger charge is -2.32. The van der Waals surface area contributed by atoms with E-state index in [1.54, 1.807) is 6.20 Å². The molecular formula is C15H25BN2O2. The van der Waals surface area contributed by atoms with Gasteiger partial charge in [0.1, 0.15) is 5.82 Å². The molecular weight excluding hydrogens is 251 g/mol. The number of pyridine rings is 1. The van der Waals surface area contributed by atoms with Gasteiger partial charge in [0.25, 0.3) is 0 Å². The first-order chi connectivity index (χ1) is 9.23.